The monoisotopic (exact) mass is 238 g/mol. The molecule has 2 aliphatic rings. The highest BCUT2D eigenvalue weighted by molar-refractivity contribution is 4.93. The Kier molecular flexibility index (Phi) is 4.48. The lowest BCUT2D eigenvalue weighted by molar-refractivity contribution is 0.111. The van der Waals surface area contributed by atoms with E-state index in [2.05, 4.69) is 37.9 Å². The van der Waals surface area contributed by atoms with Gasteiger partial charge in [-0.1, -0.05) is 20.8 Å². The first kappa shape index (κ1) is 13.4. The molecule has 0 aromatic heterocycles. The lowest BCUT2D eigenvalue weighted by atomic mass is 9.96. The first-order chi connectivity index (χ1) is 8.06. The Bertz CT molecular complexity index is 235. The van der Waals surface area contributed by atoms with Gasteiger partial charge in [0.25, 0.3) is 0 Å². The van der Waals surface area contributed by atoms with Crippen LogP contribution in [0.5, 0.6) is 0 Å². The standard InChI is InChI=1S/C15H30N2/c1-11(2)7-12(3)9-17-10-15(14-5-6-14)16-8-13(17)4/h11-16H,5-10H2,1-4H3. The Labute approximate surface area is 107 Å². The molecule has 100 valence electrons. The molecule has 1 saturated carbocycles. The molecule has 1 N–H and O–H groups in total. The van der Waals surface area contributed by atoms with Crippen LogP contribution < -0.4 is 5.32 Å². The fraction of sp³-hybridized carbons (Fsp3) is 1.00. The molecule has 0 aromatic carbocycles. The summed E-state index contributed by atoms with van der Waals surface area (Å²) in [7, 11) is 0. The Morgan fingerprint density at radius 1 is 1.24 bits per heavy atom. The van der Waals surface area contributed by atoms with Gasteiger partial charge in [-0.15, -0.1) is 0 Å². The zero-order valence-electron chi connectivity index (χ0n) is 12.1. The Hall–Kier alpha value is -0.0800. The summed E-state index contributed by atoms with van der Waals surface area (Å²) in [5.41, 5.74) is 0. The highest BCUT2D eigenvalue weighted by atomic mass is 15.2. The van der Waals surface area contributed by atoms with Crippen LogP contribution in [0.1, 0.15) is 47.0 Å². The van der Waals surface area contributed by atoms with E-state index < -0.39 is 0 Å². The molecular formula is C15H30N2. The molecule has 1 aliphatic heterocycles. The molecule has 2 fully saturated rings. The molecule has 2 nitrogen and oxygen atoms in total. The fourth-order valence-electron chi connectivity index (χ4n) is 3.30. The minimum atomic E-state index is 0.722. The van der Waals surface area contributed by atoms with E-state index in [1.807, 2.05) is 0 Å². The predicted molar refractivity (Wildman–Crippen MR) is 74.2 cm³/mol. The third kappa shape index (κ3) is 3.96. The van der Waals surface area contributed by atoms with Gasteiger partial charge < -0.3 is 5.32 Å². The highest BCUT2D eigenvalue weighted by Gasteiger charge is 2.36. The maximum absolute atomic E-state index is 3.73. The average Bonchev–Trinajstić information content (AvgIpc) is 3.03. The molecule has 2 heteroatoms. The summed E-state index contributed by atoms with van der Waals surface area (Å²) in [6.45, 7) is 13.2. The summed E-state index contributed by atoms with van der Waals surface area (Å²) in [4.78, 5) is 2.73. The molecule has 0 radical (unpaired) electrons. The lowest BCUT2D eigenvalue weighted by Gasteiger charge is -2.40. The van der Waals surface area contributed by atoms with Gasteiger partial charge in [0.15, 0.2) is 0 Å². The van der Waals surface area contributed by atoms with Gasteiger partial charge in [0.05, 0.1) is 0 Å². The molecule has 0 amide bonds. The second-order valence-electron chi connectivity index (χ2n) is 6.89. The van der Waals surface area contributed by atoms with Crippen LogP contribution in [-0.4, -0.2) is 36.6 Å². The van der Waals surface area contributed by atoms with E-state index in [1.165, 1.54) is 38.9 Å². The number of nitrogens with one attached hydrogen (secondary N) is 1. The maximum atomic E-state index is 3.73. The van der Waals surface area contributed by atoms with E-state index in [0.717, 1.165) is 29.8 Å². The molecule has 17 heavy (non-hydrogen) atoms. The number of piperazine rings is 1. The second kappa shape index (κ2) is 5.71. The average molecular weight is 238 g/mol. The molecule has 1 aliphatic carbocycles. The summed E-state index contributed by atoms with van der Waals surface area (Å²) >= 11 is 0. The summed E-state index contributed by atoms with van der Waals surface area (Å²) in [5, 5.41) is 3.73. The van der Waals surface area contributed by atoms with Crippen LogP contribution in [-0.2, 0) is 0 Å². The third-order valence-corrected chi connectivity index (χ3v) is 4.34. The molecule has 1 saturated heterocycles. The van der Waals surface area contributed by atoms with Gasteiger partial charge in [0, 0.05) is 31.7 Å². The zero-order valence-corrected chi connectivity index (χ0v) is 12.1. The second-order valence-corrected chi connectivity index (χ2v) is 6.89. The Morgan fingerprint density at radius 3 is 2.53 bits per heavy atom. The van der Waals surface area contributed by atoms with E-state index in [9.17, 15) is 0 Å². The largest absolute Gasteiger partial charge is 0.311 e. The zero-order chi connectivity index (χ0) is 12.4. The van der Waals surface area contributed by atoms with Crippen LogP contribution in [0, 0.1) is 17.8 Å². The lowest BCUT2D eigenvalue weighted by Crippen LogP contribution is -2.57. The summed E-state index contributed by atoms with van der Waals surface area (Å²) in [6.07, 6.45) is 4.29. The van der Waals surface area contributed by atoms with Crippen LogP contribution in [0.4, 0.5) is 0 Å². The molecule has 0 aromatic rings. The van der Waals surface area contributed by atoms with Crippen molar-refractivity contribution in [2.24, 2.45) is 17.8 Å². The highest BCUT2D eigenvalue weighted by Crippen LogP contribution is 2.34. The topological polar surface area (TPSA) is 15.3 Å². The number of nitrogens with zero attached hydrogens (tertiary/aromatic N) is 1. The van der Waals surface area contributed by atoms with Crippen molar-refractivity contribution in [2.75, 3.05) is 19.6 Å². The van der Waals surface area contributed by atoms with Gasteiger partial charge in [0.1, 0.15) is 0 Å². The number of hydrogen-bond acceptors (Lipinski definition) is 2. The van der Waals surface area contributed by atoms with E-state index in [-0.39, 0.29) is 0 Å². The minimum absolute atomic E-state index is 0.722. The van der Waals surface area contributed by atoms with Crippen LogP contribution in [0.15, 0.2) is 0 Å². The third-order valence-electron chi connectivity index (χ3n) is 4.34. The van der Waals surface area contributed by atoms with Crippen LogP contribution in [0.3, 0.4) is 0 Å². The summed E-state index contributed by atoms with van der Waals surface area (Å²) < 4.78 is 0. The van der Waals surface area contributed by atoms with Gasteiger partial charge in [-0.25, -0.2) is 0 Å². The van der Waals surface area contributed by atoms with E-state index in [4.69, 9.17) is 0 Å². The molecule has 0 spiro atoms. The minimum Gasteiger partial charge on any atom is -0.311 e. The number of hydrogen-bond donors (Lipinski definition) is 1. The molecular weight excluding hydrogens is 208 g/mol. The molecule has 3 unspecified atom stereocenters. The normalized spacial score (nSPS) is 33.0. The Morgan fingerprint density at radius 2 is 1.94 bits per heavy atom. The SMILES string of the molecule is CC(C)CC(C)CN1CC(C2CC2)NCC1C. The summed E-state index contributed by atoms with van der Waals surface area (Å²) in [5.74, 6) is 2.67. The quantitative estimate of drug-likeness (QED) is 0.792. The van der Waals surface area contributed by atoms with Gasteiger partial charge in [-0.05, 0) is 43.9 Å². The van der Waals surface area contributed by atoms with Gasteiger partial charge >= 0.3 is 0 Å². The smallest absolute Gasteiger partial charge is 0.0224 e. The number of rotatable bonds is 5. The van der Waals surface area contributed by atoms with Crippen LogP contribution in [0.2, 0.25) is 0 Å². The van der Waals surface area contributed by atoms with Gasteiger partial charge in [-0.2, -0.15) is 0 Å². The summed E-state index contributed by atoms with van der Waals surface area (Å²) in [6, 6.07) is 1.51. The van der Waals surface area contributed by atoms with E-state index >= 15 is 0 Å². The Balaban J connectivity index is 1.80. The van der Waals surface area contributed by atoms with E-state index in [1.54, 1.807) is 0 Å². The molecule has 3 atom stereocenters. The van der Waals surface area contributed by atoms with Crippen LogP contribution in [0.25, 0.3) is 0 Å². The van der Waals surface area contributed by atoms with Crippen molar-refractivity contribution in [3.8, 4) is 0 Å². The molecule has 1 heterocycles. The van der Waals surface area contributed by atoms with Crippen molar-refractivity contribution < 1.29 is 0 Å². The molecule has 2 rings (SSSR count). The van der Waals surface area contributed by atoms with Crippen LogP contribution >= 0.6 is 0 Å². The predicted octanol–water partition coefficient (Wildman–Crippen LogP) is 2.74. The first-order valence-electron chi connectivity index (χ1n) is 7.53. The van der Waals surface area contributed by atoms with Gasteiger partial charge in [0.2, 0.25) is 0 Å². The van der Waals surface area contributed by atoms with Crippen molar-refractivity contribution in [3.05, 3.63) is 0 Å². The van der Waals surface area contributed by atoms with Crippen molar-refractivity contribution in [1.82, 2.24) is 10.2 Å². The fourth-order valence-corrected chi connectivity index (χ4v) is 3.30. The van der Waals surface area contributed by atoms with E-state index in [0.29, 0.717) is 0 Å². The van der Waals surface area contributed by atoms with Gasteiger partial charge in [-0.3, -0.25) is 4.90 Å². The van der Waals surface area contributed by atoms with Crippen molar-refractivity contribution in [3.63, 3.8) is 0 Å². The molecule has 0 bridgehead atoms. The van der Waals surface area contributed by atoms with Crippen molar-refractivity contribution in [2.45, 2.75) is 59.0 Å². The van der Waals surface area contributed by atoms with Crippen molar-refractivity contribution >= 4 is 0 Å². The maximum Gasteiger partial charge on any atom is 0.0224 e. The van der Waals surface area contributed by atoms with Crippen molar-refractivity contribution in [1.29, 1.82) is 0 Å². The first-order valence-corrected chi connectivity index (χ1v) is 7.53.